The lowest BCUT2D eigenvalue weighted by molar-refractivity contribution is -0.150. The molecule has 0 aromatic heterocycles. The van der Waals surface area contributed by atoms with Crippen LogP contribution in [-0.4, -0.2) is 56.4 Å². The molecule has 1 heterocycles. The van der Waals surface area contributed by atoms with Gasteiger partial charge in [0, 0.05) is 26.2 Å². The molecule has 1 atom stereocenters. The fraction of sp³-hybridized carbons (Fsp3) is 0.889. The molecular formula is C9H17FN2O2. The van der Waals surface area contributed by atoms with Crippen LogP contribution in [0.2, 0.25) is 0 Å². The van der Waals surface area contributed by atoms with Gasteiger partial charge in [0.15, 0.2) is 0 Å². The molecule has 82 valence electrons. The molecule has 0 bridgehead atoms. The second kappa shape index (κ2) is 5.93. The van der Waals surface area contributed by atoms with E-state index in [0.717, 1.165) is 6.54 Å². The molecule has 1 fully saturated rings. The number of esters is 1. The molecular weight excluding hydrogens is 187 g/mol. The molecule has 0 aromatic carbocycles. The molecule has 1 aliphatic rings. The number of hydrogen-bond donors (Lipinski definition) is 1. The van der Waals surface area contributed by atoms with Crippen molar-refractivity contribution in [3.8, 4) is 0 Å². The zero-order chi connectivity index (χ0) is 10.4. The first-order valence-electron chi connectivity index (χ1n) is 4.97. The van der Waals surface area contributed by atoms with Crippen molar-refractivity contribution in [1.29, 1.82) is 0 Å². The summed E-state index contributed by atoms with van der Waals surface area (Å²) in [6.07, 6.45) is 0. The molecule has 1 N–H and O–H groups in total. The Labute approximate surface area is 83.4 Å². The van der Waals surface area contributed by atoms with Crippen molar-refractivity contribution in [3.63, 3.8) is 0 Å². The van der Waals surface area contributed by atoms with Crippen LogP contribution in [0.5, 0.6) is 0 Å². The average Bonchev–Trinajstić information content (AvgIpc) is 2.19. The summed E-state index contributed by atoms with van der Waals surface area (Å²) in [5.41, 5.74) is 0. The first-order valence-corrected chi connectivity index (χ1v) is 4.97. The van der Waals surface area contributed by atoms with Crippen molar-refractivity contribution in [2.75, 3.05) is 39.5 Å². The minimum absolute atomic E-state index is 0.256. The summed E-state index contributed by atoms with van der Waals surface area (Å²) in [6, 6.07) is -0.320. The Morgan fingerprint density at radius 2 is 2.50 bits per heavy atom. The standard InChI is InChI=1S/C9H17FN2O2/c1-2-14-9(13)8-7-11-4-6-12(8)5-3-10/h8,11H,2-7H2,1H3. The lowest BCUT2D eigenvalue weighted by Crippen LogP contribution is -2.55. The Morgan fingerprint density at radius 1 is 1.71 bits per heavy atom. The summed E-state index contributed by atoms with van der Waals surface area (Å²) in [7, 11) is 0. The van der Waals surface area contributed by atoms with E-state index in [9.17, 15) is 9.18 Å². The number of rotatable bonds is 4. The van der Waals surface area contributed by atoms with E-state index in [0.29, 0.717) is 26.2 Å². The van der Waals surface area contributed by atoms with Gasteiger partial charge in [-0.1, -0.05) is 0 Å². The molecule has 1 saturated heterocycles. The van der Waals surface area contributed by atoms with Gasteiger partial charge in [-0.2, -0.15) is 0 Å². The van der Waals surface area contributed by atoms with Crippen LogP contribution in [0.15, 0.2) is 0 Å². The average molecular weight is 204 g/mol. The van der Waals surface area contributed by atoms with Gasteiger partial charge in [-0.3, -0.25) is 9.69 Å². The van der Waals surface area contributed by atoms with E-state index in [2.05, 4.69) is 5.32 Å². The highest BCUT2D eigenvalue weighted by molar-refractivity contribution is 5.76. The van der Waals surface area contributed by atoms with Gasteiger partial charge >= 0.3 is 5.97 Å². The first-order chi connectivity index (χ1) is 6.79. The zero-order valence-electron chi connectivity index (χ0n) is 8.46. The number of carbonyl (C=O) groups excluding carboxylic acids is 1. The Morgan fingerprint density at radius 3 is 3.14 bits per heavy atom. The van der Waals surface area contributed by atoms with Gasteiger partial charge in [-0.05, 0) is 6.92 Å². The normalized spacial score (nSPS) is 23.4. The SMILES string of the molecule is CCOC(=O)C1CNCCN1CCF. The molecule has 0 saturated carbocycles. The number of piperazine rings is 1. The smallest absolute Gasteiger partial charge is 0.324 e. The molecule has 0 radical (unpaired) electrons. The molecule has 1 unspecified atom stereocenters. The highest BCUT2D eigenvalue weighted by Crippen LogP contribution is 2.05. The Kier molecular flexibility index (Phi) is 4.82. The maximum atomic E-state index is 12.2. The van der Waals surface area contributed by atoms with Crippen LogP contribution in [0.4, 0.5) is 4.39 Å². The maximum absolute atomic E-state index is 12.2. The van der Waals surface area contributed by atoms with Crippen LogP contribution in [0.25, 0.3) is 0 Å². The summed E-state index contributed by atoms with van der Waals surface area (Å²) in [5, 5.41) is 3.10. The maximum Gasteiger partial charge on any atom is 0.324 e. The second-order valence-corrected chi connectivity index (χ2v) is 3.20. The van der Waals surface area contributed by atoms with Crippen LogP contribution < -0.4 is 5.32 Å². The quantitative estimate of drug-likeness (QED) is 0.644. The number of halogens is 1. The second-order valence-electron chi connectivity index (χ2n) is 3.20. The Balaban J connectivity index is 2.48. The molecule has 0 aliphatic carbocycles. The molecule has 1 aliphatic heterocycles. The van der Waals surface area contributed by atoms with Gasteiger partial charge in [-0.15, -0.1) is 0 Å². The van der Waals surface area contributed by atoms with E-state index in [1.54, 1.807) is 6.92 Å². The molecule has 1 rings (SSSR count). The largest absolute Gasteiger partial charge is 0.465 e. The predicted octanol–water partition coefficient (Wildman–Crippen LogP) is -0.207. The summed E-state index contributed by atoms with van der Waals surface area (Å²) >= 11 is 0. The summed E-state index contributed by atoms with van der Waals surface area (Å²) in [5.74, 6) is -0.256. The number of nitrogens with one attached hydrogen (secondary N) is 1. The van der Waals surface area contributed by atoms with Crippen molar-refractivity contribution in [1.82, 2.24) is 10.2 Å². The van der Waals surface area contributed by atoms with Crippen molar-refractivity contribution >= 4 is 5.97 Å². The minimum Gasteiger partial charge on any atom is -0.465 e. The lowest BCUT2D eigenvalue weighted by Gasteiger charge is -2.33. The van der Waals surface area contributed by atoms with Crippen LogP contribution >= 0.6 is 0 Å². The van der Waals surface area contributed by atoms with E-state index >= 15 is 0 Å². The molecule has 0 aromatic rings. The molecule has 14 heavy (non-hydrogen) atoms. The Bertz CT molecular complexity index is 188. The monoisotopic (exact) mass is 204 g/mol. The number of alkyl halides is 1. The lowest BCUT2D eigenvalue weighted by atomic mass is 10.2. The molecule has 5 heteroatoms. The van der Waals surface area contributed by atoms with Crippen molar-refractivity contribution in [2.24, 2.45) is 0 Å². The van der Waals surface area contributed by atoms with Crippen LogP contribution in [-0.2, 0) is 9.53 Å². The zero-order valence-corrected chi connectivity index (χ0v) is 8.46. The van der Waals surface area contributed by atoms with Gasteiger partial charge in [-0.25, -0.2) is 4.39 Å². The van der Waals surface area contributed by atoms with E-state index in [1.807, 2.05) is 4.90 Å². The number of ether oxygens (including phenoxy) is 1. The van der Waals surface area contributed by atoms with Crippen molar-refractivity contribution in [3.05, 3.63) is 0 Å². The summed E-state index contributed by atoms with van der Waals surface area (Å²) < 4.78 is 17.1. The van der Waals surface area contributed by atoms with Crippen molar-refractivity contribution in [2.45, 2.75) is 13.0 Å². The van der Waals surface area contributed by atoms with E-state index in [4.69, 9.17) is 4.74 Å². The number of carbonyl (C=O) groups is 1. The summed E-state index contributed by atoms with van der Waals surface area (Å²) in [6.45, 7) is 4.09. The van der Waals surface area contributed by atoms with Gasteiger partial charge in [0.05, 0.1) is 6.61 Å². The van der Waals surface area contributed by atoms with Crippen LogP contribution in [0, 0.1) is 0 Å². The fourth-order valence-electron chi connectivity index (χ4n) is 1.59. The van der Waals surface area contributed by atoms with Gasteiger partial charge in [0.2, 0.25) is 0 Å². The number of hydrogen-bond acceptors (Lipinski definition) is 4. The van der Waals surface area contributed by atoms with Crippen LogP contribution in [0.1, 0.15) is 6.92 Å². The van der Waals surface area contributed by atoms with Crippen LogP contribution in [0.3, 0.4) is 0 Å². The fourth-order valence-corrected chi connectivity index (χ4v) is 1.59. The minimum atomic E-state index is -0.421. The van der Waals surface area contributed by atoms with E-state index in [-0.39, 0.29) is 12.0 Å². The predicted molar refractivity (Wildman–Crippen MR) is 50.8 cm³/mol. The topological polar surface area (TPSA) is 41.6 Å². The third-order valence-corrected chi connectivity index (χ3v) is 2.28. The van der Waals surface area contributed by atoms with Gasteiger partial charge in [0.1, 0.15) is 12.7 Å². The molecule has 0 spiro atoms. The molecule has 4 nitrogen and oxygen atoms in total. The third kappa shape index (κ3) is 2.92. The molecule has 0 amide bonds. The first kappa shape index (κ1) is 11.4. The van der Waals surface area contributed by atoms with Gasteiger partial charge < -0.3 is 10.1 Å². The highest BCUT2D eigenvalue weighted by Gasteiger charge is 2.29. The van der Waals surface area contributed by atoms with E-state index < -0.39 is 6.67 Å². The number of nitrogens with zero attached hydrogens (tertiary/aromatic N) is 1. The third-order valence-electron chi connectivity index (χ3n) is 2.28. The van der Waals surface area contributed by atoms with Gasteiger partial charge in [0.25, 0.3) is 0 Å². The van der Waals surface area contributed by atoms with E-state index in [1.165, 1.54) is 0 Å². The Hall–Kier alpha value is -0.680. The highest BCUT2D eigenvalue weighted by atomic mass is 19.1. The summed E-state index contributed by atoms with van der Waals surface area (Å²) in [4.78, 5) is 13.3. The van der Waals surface area contributed by atoms with Crippen molar-refractivity contribution < 1.29 is 13.9 Å².